The van der Waals surface area contributed by atoms with E-state index in [1.54, 1.807) is 19.1 Å². The van der Waals surface area contributed by atoms with Crippen LogP contribution in [0.3, 0.4) is 0 Å². The van der Waals surface area contributed by atoms with E-state index in [9.17, 15) is 9.18 Å². The number of nitrogens with zero attached hydrogens (tertiary/aromatic N) is 2. The predicted molar refractivity (Wildman–Crippen MR) is 76.8 cm³/mol. The summed E-state index contributed by atoms with van der Waals surface area (Å²) in [5.74, 6) is -0.373. The first kappa shape index (κ1) is 15.4. The molecule has 2 N–H and O–H groups in total. The molecule has 1 unspecified atom stereocenters. The summed E-state index contributed by atoms with van der Waals surface area (Å²) in [4.78, 5) is 13.8. The minimum absolute atomic E-state index is 0.126. The van der Waals surface area contributed by atoms with E-state index in [-0.39, 0.29) is 24.3 Å². The molecule has 0 spiro atoms. The van der Waals surface area contributed by atoms with Crippen molar-refractivity contribution >= 4 is 5.91 Å². The van der Waals surface area contributed by atoms with E-state index >= 15 is 0 Å². The first-order valence-electron chi connectivity index (χ1n) is 6.96. The van der Waals surface area contributed by atoms with Crippen LogP contribution in [0.2, 0.25) is 0 Å². The molecule has 0 aromatic heterocycles. The third-order valence-electron chi connectivity index (χ3n) is 3.56. The number of hydrogen-bond donors (Lipinski definition) is 2. The number of aryl methyl sites for hydroxylation is 1. The smallest absolute Gasteiger partial charge is 0.234 e. The van der Waals surface area contributed by atoms with Gasteiger partial charge < -0.3 is 10.6 Å². The molecule has 1 fully saturated rings. The SMILES string of the molecule is Cc1cc(CNC(=O)CN2CCNCC2C#N)ccc1F. The molecule has 1 heterocycles. The van der Waals surface area contributed by atoms with Crippen molar-refractivity contribution in [3.05, 3.63) is 35.1 Å². The number of nitriles is 1. The number of hydrogen-bond acceptors (Lipinski definition) is 4. The van der Waals surface area contributed by atoms with Crippen molar-refractivity contribution in [3.8, 4) is 6.07 Å². The molecule has 1 saturated heterocycles. The lowest BCUT2D eigenvalue weighted by molar-refractivity contribution is -0.122. The largest absolute Gasteiger partial charge is 0.351 e. The normalized spacial score (nSPS) is 19.0. The van der Waals surface area contributed by atoms with Gasteiger partial charge in [0.15, 0.2) is 0 Å². The number of carbonyl (C=O) groups is 1. The molecule has 0 radical (unpaired) electrons. The Morgan fingerprint density at radius 3 is 3.14 bits per heavy atom. The summed E-state index contributed by atoms with van der Waals surface area (Å²) < 4.78 is 13.2. The van der Waals surface area contributed by atoms with E-state index in [0.717, 1.165) is 12.1 Å². The highest BCUT2D eigenvalue weighted by molar-refractivity contribution is 5.78. The first-order chi connectivity index (χ1) is 10.1. The summed E-state index contributed by atoms with van der Waals surface area (Å²) >= 11 is 0. The van der Waals surface area contributed by atoms with Gasteiger partial charge in [-0.05, 0) is 24.1 Å². The van der Waals surface area contributed by atoms with Gasteiger partial charge in [0.25, 0.3) is 0 Å². The van der Waals surface area contributed by atoms with Crippen molar-refractivity contribution in [2.75, 3.05) is 26.2 Å². The second kappa shape index (κ2) is 7.16. The molecule has 0 bridgehead atoms. The number of benzene rings is 1. The van der Waals surface area contributed by atoms with Crippen LogP contribution in [-0.2, 0) is 11.3 Å². The summed E-state index contributed by atoms with van der Waals surface area (Å²) in [6, 6.07) is 6.70. The van der Waals surface area contributed by atoms with Crippen LogP contribution in [0.25, 0.3) is 0 Å². The Morgan fingerprint density at radius 1 is 1.62 bits per heavy atom. The average molecular weight is 290 g/mol. The highest BCUT2D eigenvalue weighted by Gasteiger charge is 2.23. The lowest BCUT2D eigenvalue weighted by Crippen LogP contribution is -2.53. The van der Waals surface area contributed by atoms with E-state index in [4.69, 9.17) is 5.26 Å². The van der Waals surface area contributed by atoms with Crippen LogP contribution in [-0.4, -0.2) is 43.0 Å². The third kappa shape index (κ3) is 4.25. The molecular weight excluding hydrogens is 271 g/mol. The monoisotopic (exact) mass is 290 g/mol. The van der Waals surface area contributed by atoms with Crippen LogP contribution in [0.15, 0.2) is 18.2 Å². The van der Waals surface area contributed by atoms with Crippen LogP contribution < -0.4 is 10.6 Å². The highest BCUT2D eigenvalue weighted by Crippen LogP contribution is 2.09. The van der Waals surface area contributed by atoms with E-state index in [2.05, 4.69) is 16.7 Å². The van der Waals surface area contributed by atoms with Gasteiger partial charge in [-0.15, -0.1) is 0 Å². The summed E-state index contributed by atoms with van der Waals surface area (Å²) in [5.41, 5.74) is 1.42. The van der Waals surface area contributed by atoms with Crippen molar-refractivity contribution < 1.29 is 9.18 Å². The molecule has 1 aromatic rings. The van der Waals surface area contributed by atoms with Crippen molar-refractivity contribution in [2.45, 2.75) is 19.5 Å². The second-order valence-electron chi connectivity index (χ2n) is 5.18. The minimum atomic E-state index is -0.266. The van der Waals surface area contributed by atoms with Crippen molar-refractivity contribution in [1.82, 2.24) is 15.5 Å². The van der Waals surface area contributed by atoms with Gasteiger partial charge in [-0.1, -0.05) is 12.1 Å². The second-order valence-corrected chi connectivity index (χ2v) is 5.18. The van der Waals surface area contributed by atoms with Gasteiger partial charge in [0, 0.05) is 26.2 Å². The number of carbonyl (C=O) groups excluding carboxylic acids is 1. The molecule has 21 heavy (non-hydrogen) atoms. The molecule has 1 aromatic carbocycles. The molecule has 2 rings (SSSR count). The van der Waals surface area contributed by atoms with Crippen LogP contribution in [0, 0.1) is 24.1 Å². The summed E-state index contributed by atoms with van der Waals surface area (Å²) in [5, 5.41) is 15.0. The summed E-state index contributed by atoms with van der Waals surface area (Å²) in [6.07, 6.45) is 0. The topological polar surface area (TPSA) is 68.2 Å². The number of rotatable bonds is 4. The molecule has 5 nitrogen and oxygen atoms in total. The minimum Gasteiger partial charge on any atom is -0.351 e. The Kier molecular flexibility index (Phi) is 5.26. The number of nitrogens with one attached hydrogen (secondary N) is 2. The van der Waals surface area contributed by atoms with Crippen molar-refractivity contribution in [3.63, 3.8) is 0 Å². The summed E-state index contributed by atoms with van der Waals surface area (Å²) in [7, 11) is 0. The maximum atomic E-state index is 13.2. The molecule has 0 aliphatic carbocycles. The fraction of sp³-hybridized carbons (Fsp3) is 0.467. The molecular formula is C15H19FN4O. The Balaban J connectivity index is 1.84. The first-order valence-corrected chi connectivity index (χ1v) is 6.96. The lowest BCUT2D eigenvalue weighted by Gasteiger charge is -2.31. The fourth-order valence-corrected chi connectivity index (χ4v) is 2.32. The van der Waals surface area contributed by atoms with Gasteiger partial charge in [-0.25, -0.2) is 4.39 Å². The molecule has 1 amide bonds. The highest BCUT2D eigenvalue weighted by atomic mass is 19.1. The van der Waals surface area contributed by atoms with Gasteiger partial charge in [0.2, 0.25) is 5.91 Å². The molecule has 1 aliphatic heterocycles. The van der Waals surface area contributed by atoms with E-state index in [0.29, 0.717) is 25.2 Å². The Hall–Kier alpha value is -1.97. The van der Waals surface area contributed by atoms with Crippen LogP contribution in [0.5, 0.6) is 0 Å². The van der Waals surface area contributed by atoms with Crippen LogP contribution >= 0.6 is 0 Å². The zero-order valence-corrected chi connectivity index (χ0v) is 12.0. The number of halogens is 1. The maximum Gasteiger partial charge on any atom is 0.234 e. The fourth-order valence-electron chi connectivity index (χ4n) is 2.32. The molecule has 0 saturated carbocycles. The Morgan fingerprint density at radius 2 is 2.43 bits per heavy atom. The molecule has 1 aliphatic rings. The van der Waals surface area contributed by atoms with Crippen molar-refractivity contribution in [1.29, 1.82) is 5.26 Å². The molecule has 112 valence electrons. The zero-order valence-electron chi connectivity index (χ0n) is 12.0. The Labute approximate surface area is 123 Å². The predicted octanol–water partition coefficient (Wildman–Crippen LogP) is 0.548. The summed E-state index contributed by atoms with van der Waals surface area (Å²) in [6.45, 7) is 4.31. The molecule has 1 atom stereocenters. The van der Waals surface area contributed by atoms with Gasteiger partial charge in [-0.3, -0.25) is 9.69 Å². The standard InChI is InChI=1S/C15H19FN4O/c1-11-6-12(2-3-14(11)16)8-19-15(21)10-20-5-4-18-9-13(20)7-17/h2-3,6,13,18H,4-5,8-10H2,1H3,(H,19,21). The van der Waals surface area contributed by atoms with Crippen LogP contribution in [0.1, 0.15) is 11.1 Å². The van der Waals surface area contributed by atoms with Crippen LogP contribution in [0.4, 0.5) is 4.39 Å². The third-order valence-corrected chi connectivity index (χ3v) is 3.56. The quantitative estimate of drug-likeness (QED) is 0.849. The Bertz CT molecular complexity index is 555. The number of amides is 1. The van der Waals surface area contributed by atoms with E-state index in [1.165, 1.54) is 6.07 Å². The zero-order chi connectivity index (χ0) is 15.2. The van der Waals surface area contributed by atoms with Gasteiger partial charge in [0.05, 0.1) is 12.6 Å². The molecule has 6 heteroatoms. The maximum absolute atomic E-state index is 13.2. The number of piperazine rings is 1. The van der Waals surface area contributed by atoms with Crippen molar-refractivity contribution in [2.24, 2.45) is 0 Å². The van der Waals surface area contributed by atoms with E-state index in [1.807, 2.05) is 4.90 Å². The van der Waals surface area contributed by atoms with Gasteiger partial charge in [-0.2, -0.15) is 5.26 Å². The van der Waals surface area contributed by atoms with E-state index < -0.39 is 0 Å². The van der Waals surface area contributed by atoms with Gasteiger partial charge in [0.1, 0.15) is 11.9 Å². The lowest BCUT2D eigenvalue weighted by atomic mass is 10.1. The average Bonchev–Trinajstić information content (AvgIpc) is 2.49. The van der Waals surface area contributed by atoms with Gasteiger partial charge >= 0.3 is 0 Å².